The van der Waals surface area contributed by atoms with Crippen molar-refractivity contribution in [2.24, 2.45) is 0 Å². The second-order valence-corrected chi connectivity index (χ2v) is 6.56. The van der Waals surface area contributed by atoms with E-state index in [1.54, 1.807) is 12.1 Å². The second-order valence-electron chi connectivity index (χ2n) is 4.85. The average Bonchev–Trinajstić information content (AvgIpc) is 2.43. The van der Waals surface area contributed by atoms with Gasteiger partial charge in [0.05, 0.1) is 8.95 Å². The van der Waals surface area contributed by atoms with Gasteiger partial charge in [0.1, 0.15) is 22.8 Å². The Labute approximate surface area is 149 Å². The predicted molar refractivity (Wildman–Crippen MR) is 91.4 cm³/mol. The third-order valence-electron chi connectivity index (χ3n) is 2.93. The maximum absolute atomic E-state index is 11.2. The van der Waals surface area contributed by atoms with Gasteiger partial charge in [-0.2, -0.15) is 0 Å². The highest BCUT2D eigenvalue weighted by Gasteiger charge is 2.14. The summed E-state index contributed by atoms with van der Waals surface area (Å²) in [7, 11) is 0. The summed E-state index contributed by atoms with van der Waals surface area (Å²) < 4.78 is 6.93. The summed E-state index contributed by atoms with van der Waals surface area (Å²) in [6, 6.07) is 7.48. The molecule has 0 unspecified atom stereocenters. The van der Waals surface area contributed by atoms with Gasteiger partial charge < -0.3 is 14.9 Å². The normalized spacial score (nSPS) is 10.4. The predicted octanol–water partition coefficient (Wildman–Crippen LogP) is 4.54. The quantitative estimate of drug-likeness (QED) is 0.708. The summed E-state index contributed by atoms with van der Waals surface area (Å²) in [5.74, 6) is -0.829. The lowest BCUT2D eigenvalue weighted by Crippen LogP contribution is -1.99. The van der Waals surface area contributed by atoms with E-state index in [9.17, 15) is 14.7 Å². The Morgan fingerprint density at radius 1 is 1.13 bits per heavy atom. The Morgan fingerprint density at radius 3 is 2.26 bits per heavy atom. The first-order chi connectivity index (χ1) is 10.8. The summed E-state index contributed by atoms with van der Waals surface area (Å²) in [5, 5.41) is 18.5. The fourth-order valence-corrected chi connectivity index (χ4v) is 3.41. The Morgan fingerprint density at radius 2 is 1.74 bits per heavy atom. The molecule has 23 heavy (non-hydrogen) atoms. The van der Waals surface area contributed by atoms with Crippen molar-refractivity contribution >= 4 is 43.6 Å². The fourth-order valence-electron chi connectivity index (χ4n) is 1.97. The highest BCUT2D eigenvalue weighted by Crippen LogP contribution is 2.38. The van der Waals surface area contributed by atoms with Crippen LogP contribution in [0.2, 0.25) is 0 Å². The lowest BCUT2D eigenvalue weighted by Gasteiger charge is -2.12. The molecule has 0 saturated heterocycles. The molecule has 0 saturated carbocycles. The molecule has 2 aromatic rings. The number of ketones is 1. The molecule has 2 aromatic carbocycles. The first-order valence-electron chi connectivity index (χ1n) is 6.49. The van der Waals surface area contributed by atoms with E-state index < -0.39 is 5.97 Å². The van der Waals surface area contributed by atoms with Gasteiger partial charge in [0.15, 0.2) is 5.75 Å². The van der Waals surface area contributed by atoms with Crippen molar-refractivity contribution in [1.82, 2.24) is 0 Å². The SMILES string of the molecule is CC(=O)Cc1cc(Br)c(Oc2ccc(O)c(C(=O)O)c2)c(Br)c1. The number of hydrogen-bond acceptors (Lipinski definition) is 4. The number of phenols is 1. The number of hydrogen-bond donors (Lipinski definition) is 2. The number of carboxylic acid groups (broad SMARTS) is 1. The number of aromatic carboxylic acids is 1. The number of halogens is 2. The van der Waals surface area contributed by atoms with Crippen molar-refractivity contribution in [2.45, 2.75) is 13.3 Å². The molecule has 0 aliphatic heterocycles. The molecule has 0 atom stereocenters. The van der Waals surface area contributed by atoms with Crippen LogP contribution in [0.25, 0.3) is 0 Å². The van der Waals surface area contributed by atoms with Crippen LogP contribution in [0.15, 0.2) is 39.3 Å². The number of carboxylic acids is 1. The highest BCUT2D eigenvalue weighted by atomic mass is 79.9. The van der Waals surface area contributed by atoms with Crippen molar-refractivity contribution in [3.63, 3.8) is 0 Å². The smallest absolute Gasteiger partial charge is 0.339 e. The van der Waals surface area contributed by atoms with Crippen LogP contribution in [0, 0.1) is 0 Å². The summed E-state index contributed by atoms with van der Waals surface area (Å²) in [6.45, 7) is 1.51. The van der Waals surface area contributed by atoms with Crippen molar-refractivity contribution in [3.8, 4) is 17.2 Å². The van der Waals surface area contributed by atoms with Crippen LogP contribution in [0.4, 0.5) is 0 Å². The zero-order chi connectivity index (χ0) is 17.1. The van der Waals surface area contributed by atoms with Crippen molar-refractivity contribution < 1.29 is 24.5 Å². The van der Waals surface area contributed by atoms with Crippen molar-refractivity contribution in [3.05, 3.63) is 50.4 Å². The van der Waals surface area contributed by atoms with Crippen LogP contribution >= 0.6 is 31.9 Å². The maximum atomic E-state index is 11.2. The van der Waals surface area contributed by atoms with Gasteiger partial charge in [-0.25, -0.2) is 4.79 Å². The first kappa shape index (κ1) is 17.5. The molecule has 0 spiro atoms. The Balaban J connectivity index is 2.35. The molecule has 120 valence electrons. The van der Waals surface area contributed by atoms with E-state index >= 15 is 0 Å². The molecular formula is C16H12Br2O5. The molecule has 0 fully saturated rings. The van der Waals surface area contributed by atoms with Gasteiger partial charge in [0.2, 0.25) is 0 Å². The highest BCUT2D eigenvalue weighted by molar-refractivity contribution is 9.11. The molecule has 0 amide bonds. The van der Waals surface area contributed by atoms with E-state index in [-0.39, 0.29) is 22.8 Å². The van der Waals surface area contributed by atoms with Crippen LogP contribution in [0.1, 0.15) is 22.8 Å². The monoisotopic (exact) mass is 442 g/mol. The number of ether oxygens (including phenoxy) is 1. The number of aromatic hydroxyl groups is 1. The van der Waals surface area contributed by atoms with E-state index in [0.717, 1.165) is 5.56 Å². The molecule has 0 radical (unpaired) electrons. The van der Waals surface area contributed by atoms with Gasteiger partial charge >= 0.3 is 5.97 Å². The third kappa shape index (κ3) is 4.33. The van der Waals surface area contributed by atoms with Gasteiger partial charge in [-0.15, -0.1) is 0 Å². The Kier molecular flexibility index (Phi) is 5.43. The van der Waals surface area contributed by atoms with Gasteiger partial charge in [-0.3, -0.25) is 4.79 Å². The minimum atomic E-state index is -1.25. The minimum absolute atomic E-state index is 0.0436. The summed E-state index contributed by atoms with van der Waals surface area (Å²) in [6.07, 6.45) is 0.305. The van der Waals surface area contributed by atoms with Crippen LogP contribution in [-0.2, 0) is 11.2 Å². The molecule has 5 nitrogen and oxygen atoms in total. The molecule has 0 aliphatic carbocycles. The fraction of sp³-hybridized carbons (Fsp3) is 0.125. The van der Waals surface area contributed by atoms with Gasteiger partial charge in [0, 0.05) is 6.42 Å². The molecule has 0 bridgehead atoms. The number of rotatable bonds is 5. The van der Waals surface area contributed by atoms with Crippen molar-refractivity contribution in [2.75, 3.05) is 0 Å². The molecule has 2 N–H and O–H groups in total. The maximum Gasteiger partial charge on any atom is 0.339 e. The van der Waals surface area contributed by atoms with Crippen LogP contribution in [0.3, 0.4) is 0 Å². The topological polar surface area (TPSA) is 83.8 Å². The average molecular weight is 444 g/mol. The van der Waals surface area contributed by atoms with Gasteiger partial charge in [-0.05, 0) is 74.7 Å². The molecule has 0 aromatic heterocycles. The summed E-state index contributed by atoms with van der Waals surface area (Å²) in [5.41, 5.74) is 0.573. The number of carbonyl (C=O) groups excluding carboxylic acids is 1. The van der Waals surface area contributed by atoms with Gasteiger partial charge in [0.25, 0.3) is 0 Å². The standard InChI is InChI=1S/C16H12Br2O5/c1-8(19)4-9-5-12(17)15(13(18)6-9)23-10-2-3-14(20)11(7-10)16(21)22/h2-3,5-7,20H,4H2,1H3,(H,21,22). The molecule has 2 rings (SSSR count). The van der Waals surface area contributed by atoms with Crippen LogP contribution in [0.5, 0.6) is 17.2 Å². The van der Waals surface area contributed by atoms with Crippen LogP contribution in [-0.4, -0.2) is 22.0 Å². The van der Waals surface area contributed by atoms with Crippen LogP contribution < -0.4 is 4.74 Å². The number of carbonyl (C=O) groups is 2. The minimum Gasteiger partial charge on any atom is -0.507 e. The molecule has 7 heteroatoms. The lowest BCUT2D eigenvalue weighted by atomic mass is 10.1. The second kappa shape index (κ2) is 7.14. The Hall–Kier alpha value is -1.86. The van der Waals surface area contributed by atoms with Gasteiger partial charge in [-0.1, -0.05) is 0 Å². The number of Topliss-reactive ketones (excluding diaryl/α,β-unsaturated/α-hetero) is 1. The summed E-state index contributed by atoms with van der Waals surface area (Å²) in [4.78, 5) is 22.2. The zero-order valence-electron chi connectivity index (χ0n) is 12.0. The summed E-state index contributed by atoms with van der Waals surface area (Å²) >= 11 is 6.75. The third-order valence-corrected chi connectivity index (χ3v) is 4.11. The van der Waals surface area contributed by atoms with E-state index in [1.165, 1.54) is 25.1 Å². The van der Waals surface area contributed by atoms with Crippen molar-refractivity contribution in [1.29, 1.82) is 0 Å². The lowest BCUT2D eigenvalue weighted by molar-refractivity contribution is -0.116. The first-order valence-corrected chi connectivity index (χ1v) is 8.08. The molecular weight excluding hydrogens is 432 g/mol. The Bertz CT molecular complexity index is 763. The number of benzene rings is 2. The molecule has 0 heterocycles. The van der Waals surface area contributed by atoms with E-state index in [2.05, 4.69) is 31.9 Å². The largest absolute Gasteiger partial charge is 0.507 e. The molecule has 0 aliphatic rings. The van der Waals surface area contributed by atoms with E-state index in [1.807, 2.05) is 0 Å². The zero-order valence-corrected chi connectivity index (χ0v) is 15.1. The van der Waals surface area contributed by atoms with E-state index in [4.69, 9.17) is 9.84 Å². The van der Waals surface area contributed by atoms with E-state index in [0.29, 0.717) is 21.1 Å².